The number of benzene rings is 2. The lowest BCUT2D eigenvalue weighted by Gasteiger charge is -2.08. The second-order valence-corrected chi connectivity index (χ2v) is 5.90. The van der Waals surface area contributed by atoms with Crippen LogP contribution >= 0.6 is 0 Å². The molecule has 4 heteroatoms. The number of hydrogen-bond acceptors (Lipinski definition) is 1. The molecule has 0 radical (unpaired) electrons. The third-order valence-corrected chi connectivity index (χ3v) is 4.12. The zero-order valence-corrected chi connectivity index (χ0v) is 12.8. The molecule has 1 saturated carbocycles. The summed E-state index contributed by atoms with van der Waals surface area (Å²) in [6.45, 7) is 4.14. The van der Waals surface area contributed by atoms with Crippen molar-refractivity contribution in [2.24, 2.45) is 10.7 Å². The lowest BCUT2D eigenvalue weighted by atomic mass is 10.1. The number of aliphatic imine (C=N–C) groups is 1. The van der Waals surface area contributed by atoms with Crippen LogP contribution in [0.2, 0.25) is 0 Å². The fourth-order valence-corrected chi connectivity index (χ4v) is 2.60. The summed E-state index contributed by atoms with van der Waals surface area (Å²) >= 11 is 0. The molecule has 3 N–H and O–H groups in total. The van der Waals surface area contributed by atoms with E-state index in [-0.39, 0.29) is 17.8 Å². The Morgan fingerprint density at radius 1 is 1.18 bits per heavy atom. The molecule has 1 fully saturated rings. The highest BCUT2D eigenvalue weighted by Gasteiger charge is 2.38. The van der Waals surface area contributed by atoms with Crippen molar-refractivity contribution in [3.8, 4) is 0 Å². The van der Waals surface area contributed by atoms with Crippen LogP contribution in [0.4, 0.5) is 10.1 Å². The highest BCUT2D eigenvalue weighted by Crippen LogP contribution is 2.43. The molecule has 0 aromatic heterocycles. The van der Waals surface area contributed by atoms with Gasteiger partial charge in [0.05, 0.1) is 6.04 Å². The molecule has 2 aromatic rings. The maximum absolute atomic E-state index is 13.2. The highest BCUT2D eigenvalue weighted by molar-refractivity contribution is 5.92. The fraction of sp³-hybridized carbons (Fsp3) is 0.278. The number of nitrogens with zero attached hydrogens (tertiary/aromatic N) is 1. The summed E-state index contributed by atoms with van der Waals surface area (Å²) in [6.07, 6.45) is 0.915. The van der Waals surface area contributed by atoms with Crippen LogP contribution in [0.3, 0.4) is 0 Å². The van der Waals surface area contributed by atoms with E-state index in [1.54, 1.807) is 12.1 Å². The Bertz CT molecular complexity index is 724. The predicted molar refractivity (Wildman–Crippen MR) is 88.7 cm³/mol. The summed E-state index contributed by atoms with van der Waals surface area (Å²) in [7, 11) is 0. The number of hydrogen-bond donors (Lipinski definition) is 2. The smallest absolute Gasteiger partial charge is 0.193 e. The van der Waals surface area contributed by atoms with Gasteiger partial charge in [-0.1, -0.05) is 18.2 Å². The average molecular weight is 297 g/mol. The molecular weight excluding hydrogens is 277 g/mol. The van der Waals surface area contributed by atoms with E-state index in [1.807, 2.05) is 12.1 Å². The molecule has 1 aliphatic carbocycles. The molecule has 2 atom stereocenters. The van der Waals surface area contributed by atoms with Gasteiger partial charge in [0, 0.05) is 11.6 Å². The molecular formula is C18H20FN3. The second kappa shape index (κ2) is 5.79. The minimum absolute atomic E-state index is 0.140. The summed E-state index contributed by atoms with van der Waals surface area (Å²) in [5.41, 5.74) is 10.4. The van der Waals surface area contributed by atoms with E-state index in [4.69, 9.17) is 5.73 Å². The molecule has 114 valence electrons. The second-order valence-electron chi connectivity index (χ2n) is 5.90. The Kier molecular flexibility index (Phi) is 3.84. The SMILES string of the molecule is Cc1ccc(NC(N)=NC2CC2c2cccc(F)c2)cc1C. The van der Waals surface area contributed by atoms with Gasteiger partial charge in [0.25, 0.3) is 0 Å². The van der Waals surface area contributed by atoms with Crippen LogP contribution in [0.5, 0.6) is 0 Å². The minimum Gasteiger partial charge on any atom is -0.370 e. The zero-order chi connectivity index (χ0) is 15.7. The zero-order valence-electron chi connectivity index (χ0n) is 12.8. The van der Waals surface area contributed by atoms with Gasteiger partial charge in [-0.15, -0.1) is 0 Å². The number of nitrogens with one attached hydrogen (secondary N) is 1. The van der Waals surface area contributed by atoms with Crippen molar-refractivity contribution in [1.82, 2.24) is 0 Å². The summed E-state index contributed by atoms with van der Waals surface area (Å²) in [4.78, 5) is 4.48. The van der Waals surface area contributed by atoms with Gasteiger partial charge in [0.1, 0.15) is 5.82 Å². The van der Waals surface area contributed by atoms with Gasteiger partial charge in [0.2, 0.25) is 0 Å². The van der Waals surface area contributed by atoms with Gasteiger partial charge >= 0.3 is 0 Å². The lowest BCUT2D eigenvalue weighted by molar-refractivity contribution is 0.625. The Morgan fingerprint density at radius 2 is 2.00 bits per heavy atom. The molecule has 0 spiro atoms. The first-order chi connectivity index (χ1) is 10.5. The molecule has 1 aliphatic rings. The first-order valence-corrected chi connectivity index (χ1v) is 7.46. The summed E-state index contributed by atoms with van der Waals surface area (Å²) in [5.74, 6) is 0.483. The van der Waals surface area contributed by atoms with Crippen LogP contribution in [-0.2, 0) is 0 Å². The molecule has 0 bridgehead atoms. The van der Waals surface area contributed by atoms with E-state index in [1.165, 1.54) is 17.2 Å². The molecule has 0 heterocycles. The Labute approximate surface area is 130 Å². The number of halogens is 1. The van der Waals surface area contributed by atoms with Crippen LogP contribution in [0.1, 0.15) is 29.0 Å². The summed E-state index contributed by atoms with van der Waals surface area (Å²) in [5, 5.41) is 3.12. The molecule has 0 saturated heterocycles. The van der Waals surface area contributed by atoms with Crippen molar-refractivity contribution in [3.05, 3.63) is 65.0 Å². The van der Waals surface area contributed by atoms with Crippen LogP contribution in [0.25, 0.3) is 0 Å². The molecule has 3 rings (SSSR count). The van der Waals surface area contributed by atoms with Gasteiger partial charge in [0.15, 0.2) is 5.96 Å². The van der Waals surface area contributed by atoms with Gasteiger partial charge in [-0.25, -0.2) is 9.38 Å². The van der Waals surface area contributed by atoms with E-state index in [2.05, 4.69) is 36.3 Å². The van der Waals surface area contributed by atoms with Crippen LogP contribution < -0.4 is 11.1 Å². The first kappa shape index (κ1) is 14.6. The predicted octanol–water partition coefficient (Wildman–Crippen LogP) is 3.73. The number of guanidine groups is 1. The van der Waals surface area contributed by atoms with Gasteiger partial charge in [-0.2, -0.15) is 0 Å². The van der Waals surface area contributed by atoms with Crippen molar-refractivity contribution >= 4 is 11.6 Å². The molecule has 2 aromatic carbocycles. The average Bonchev–Trinajstić information content (AvgIpc) is 3.22. The third kappa shape index (κ3) is 3.27. The van der Waals surface area contributed by atoms with E-state index >= 15 is 0 Å². The Balaban J connectivity index is 1.65. The number of anilines is 1. The van der Waals surface area contributed by atoms with Crippen molar-refractivity contribution in [2.75, 3.05) is 5.32 Å². The topological polar surface area (TPSA) is 50.4 Å². The van der Waals surface area contributed by atoms with E-state index < -0.39 is 0 Å². The van der Waals surface area contributed by atoms with E-state index in [9.17, 15) is 4.39 Å². The maximum atomic E-state index is 13.2. The van der Waals surface area contributed by atoms with Crippen LogP contribution in [0, 0.1) is 19.7 Å². The van der Waals surface area contributed by atoms with Gasteiger partial charge < -0.3 is 11.1 Å². The lowest BCUT2D eigenvalue weighted by Crippen LogP contribution is -2.23. The van der Waals surface area contributed by atoms with Crippen molar-refractivity contribution in [1.29, 1.82) is 0 Å². The van der Waals surface area contributed by atoms with Gasteiger partial charge in [-0.3, -0.25) is 0 Å². The van der Waals surface area contributed by atoms with Crippen molar-refractivity contribution in [2.45, 2.75) is 32.2 Å². The molecule has 22 heavy (non-hydrogen) atoms. The first-order valence-electron chi connectivity index (χ1n) is 7.46. The monoisotopic (exact) mass is 297 g/mol. The quantitative estimate of drug-likeness (QED) is 0.670. The summed E-state index contributed by atoms with van der Waals surface area (Å²) < 4.78 is 13.2. The van der Waals surface area contributed by atoms with Crippen LogP contribution in [0.15, 0.2) is 47.5 Å². The molecule has 0 amide bonds. The minimum atomic E-state index is -0.201. The number of rotatable bonds is 3. The van der Waals surface area contributed by atoms with Crippen molar-refractivity contribution in [3.63, 3.8) is 0 Å². The molecule has 2 unspecified atom stereocenters. The molecule has 3 nitrogen and oxygen atoms in total. The van der Waals surface area contributed by atoms with Crippen molar-refractivity contribution < 1.29 is 4.39 Å². The fourth-order valence-electron chi connectivity index (χ4n) is 2.60. The Morgan fingerprint density at radius 3 is 2.73 bits per heavy atom. The summed E-state index contributed by atoms with van der Waals surface area (Å²) in [6, 6.07) is 12.9. The number of aryl methyl sites for hydroxylation is 2. The normalized spacial score (nSPS) is 20.8. The van der Waals surface area contributed by atoms with E-state index in [0.29, 0.717) is 5.96 Å². The van der Waals surface area contributed by atoms with E-state index in [0.717, 1.165) is 17.7 Å². The van der Waals surface area contributed by atoms with Gasteiger partial charge in [-0.05, 0) is 61.2 Å². The molecule has 0 aliphatic heterocycles. The standard InChI is InChI=1S/C18H20FN3/c1-11-6-7-15(8-12(11)2)21-18(20)22-17-10-16(17)13-4-3-5-14(19)9-13/h3-9,16-17H,10H2,1-2H3,(H3,20,21,22). The highest BCUT2D eigenvalue weighted by atomic mass is 19.1. The van der Waals surface area contributed by atoms with Crippen LogP contribution in [-0.4, -0.2) is 12.0 Å². The maximum Gasteiger partial charge on any atom is 0.193 e. The Hall–Kier alpha value is -2.36. The third-order valence-electron chi connectivity index (χ3n) is 4.12. The number of nitrogens with two attached hydrogens (primary N) is 1. The largest absolute Gasteiger partial charge is 0.370 e.